The predicted molar refractivity (Wildman–Crippen MR) is 169 cm³/mol. The zero-order chi connectivity index (χ0) is 31.6. The van der Waals surface area contributed by atoms with Crippen molar-refractivity contribution >= 4 is 43.6 Å². The van der Waals surface area contributed by atoms with E-state index in [1.807, 2.05) is 81.4 Å². The highest BCUT2D eigenvalue weighted by atomic mass is 32.2. The van der Waals surface area contributed by atoms with E-state index in [9.17, 15) is 9.36 Å². The summed E-state index contributed by atoms with van der Waals surface area (Å²) < 4.78 is 73.1. The fraction of sp³-hybridized carbons (Fsp3) is 0.387. The van der Waals surface area contributed by atoms with Crippen LogP contribution in [0.25, 0.3) is 0 Å². The number of para-hydroxylation sites is 1. The standard InChI is InChI=1S/C31H39F2O7PSSi/c1-6-36-41(35,37-7-2)24-31(32,33)28(39-29(34)42-40-25-17-11-8-12-18-25)23-38-43(30(3,4)5,26-19-13-9-14-20-26)27-21-15-10-16-22-27/h8-22,28H,6-7,23-24H2,1-5H3. The molecule has 43 heavy (non-hydrogen) atoms. The molecule has 0 spiro atoms. The fourth-order valence-corrected chi connectivity index (χ4v) is 11.5. The summed E-state index contributed by atoms with van der Waals surface area (Å²) in [5.41, 5.74) is 0. The van der Waals surface area contributed by atoms with E-state index in [-0.39, 0.29) is 25.3 Å². The Bertz CT molecular complexity index is 1280. The van der Waals surface area contributed by atoms with Crippen molar-refractivity contribution in [2.75, 3.05) is 26.0 Å². The molecule has 0 amide bonds. The minimum Gasteiger partial charge on any atom is -0.443 e. The summed E-state index contributed by atoms with van der Waals surface area (Å²) in [6.07, 6.45) is -3.43. The minimum absolute atomic E-state index is 0.100. The van der Waals surface area contributed by atoms with Gasteiger partial charge in [-0.25, -0.2) is 13.6 Å². The number of benzene rings is 3. The van der Waals surface area contributed by atoms with Gasteiger partial charge in [0.05, 0.1) is 19.8 Å². The topological polar surface area (TPSA) is 80.3 Å². The van der Waals surface area contributed by atoms with Gasteiger partial charge in [-0.1, -0.05) is 99.6 Å². The SMILES string of the molecule is CCOP(=O)(CC(F)(F)C(CO[Si](c1ccccc1)(c1ccccc1)C(C)(C)C)OC(=O)SOc1ccccc1)OCC. The Morgan fingerprint density at radius 1 is 0.837 bits per heavy atom. The Morgan fingerprint density at radius 2 is 1.30 bits per heavy atom. The lowest BCUT2D eigenvalue weighted by molar-refractivity contribution is -0.107. The van der Waals surface area contributed by atoms with E-state index in [0.717, 1.165) is 10.4 Å². The van der Waals surface area contributed by atoms with Crippen LogP contribution < -0.4 is 14.6 Å². The van der Waals surface area contributed by atoms with Gasteiger partial charge in [-0.2, -0.15) is 0 Å². The van der Waals surface area contributed by atoms with Crippen LogP contribution in [0.15, 0.2) is 91.0 Å². The second-order valence-corrected chi connectivity index (χ2v) is 17.7. The number of hydrogen-bond acceptors (Lipinski definition) is 8. The molecule has 234 valence electrons. The number of alkyl halides is 2. The van der Waals surface area contributed by atoms with E-state index in [0.29, 0.717) is 5.75 Å². The van der Waals surface area contributed by atoms with E-state index >= 15 is 8.78 Å². The maximum Gasteiger partial charge on any atom is 0.407 e. The number of carbonyl (C=O) groups excluding carboxylic acids is 1. The quantitative estimate of drug-likeness (QED) is 0.0716. The van der Waals surface area contributed by atoms with Crippen LogP contribution in [0, 0.1) is 0 Å². The molecular formula is C31H39F2O7PSSi. The Hall–Kier alpha value is -2.53. The number of ether oxygens (including phenoxy) is 1. The Balaban J connectivity index is 2.01. The van der Waals surface area contributed by atoms with Gasteiger partial charge in [-0.15, -0.1) is 0 Å². The predicted octanol–water partition coefficient (Wildman–Crippen LogP) is 7.70. The molecule has 0 N–H and O–H groups in total. The first-order valence-electron chi connectivity index (χ1n) is 14.0. The highest BCUT2D eigenvalue weighted by Crippen LogP contribution is 2.52. The summed E-state index contributed by atoms with van der Waals surface area (Å²) in [4.78, 5) is 12.9. The maximum absolute atomic E-state index is 16.1. The first-order valence-corrected chi connectivity index (χ1v) is 18.4. The van der Waals surface area contributed by atoms with Crippen molar-refractivity contribution in [3.63, 3.8) is 0 Å². The van der Waals surface area contributed by atoms with E-state index < -0.39 is 51.0 Å². The first kappa shape index (κ1) is 35.0. The van der Waals surface area contributed by atoms with Crippen LogP contribution in [0.1, 0.15) is 34.6 Å². The average molecular weight is 653 g/mol. The number of hydrogen-bond donors (Lipinski definition) is 0. The van der Waals surface area contributed by atoms with Crippen molar-refractivity contribution in [2.45, 2.75) is 51.7 Å². The van der Waals surface area contributed by atoms with Crippen molar-refractivity contribution in [3.8, 4) is 5.75 Å². The van der Waals surface area contributed by atoms with Gasteiger partial charge in [0, 0.05) is 0 Å². The summed E-state index contributed by atoms with van der Waals surface area (Å²) in [6, 6.07) is 27.3. The maximum atomic E-state index is 16.1. The van der Waals surface area contributed by atoms with E-state index in [2.05, 4.69) is 0 Å². The summed E-state index contributed by atoms with van der Waals surface area (Å²) >= 11 is 0.274. The molecule has 7 nitrogen and oxygen atoms in total. The normalized spacial score (nSPS) is 13.4. The fourth-order valence-electron chi connectivity index (χ4n) is 4.78. The van der Waals surface area contributed by atoms with Gasteiger partial charge in [0.1, 0.15) is 11.9 Å². The third-order valence-electron chi connectivity index (χ3n) is 6.58. The van der Waals surface area contributed by atoms with Crippen LogP contribution in [-0.4, -0.2) is 51.6 Å². The van der Waals surface area contributed by atoms with Crippen LogP contribution >= 0.6 is 19.6 Å². The van der Waals surface area contributed by atoms with Gasteiger partial charge < -0.3 is 22.4 Å². The lowest BCUT2D eigenvalue weighted by atomic mass is 10.2. The summed E-state index contributed by atoms with van der Waals surface area (Å²) in [5, 5.41) is 0.0787. The molecule has 0 aliphatic carbocycles. The molecule has 1 atom stereocenters. The van der Waals surface area contributed by atoms with Gasteiger partial charge in [0.2, 0.25) is 0 Å². The van der Waals surface area contributed by atoms with Crippen molar-refractivity contribution in [2.24, 2.45) is 0 Å². The zero-order valence-corrected chi connectivity index (χ0v) is 27.7. The second kappa shape index (κ2) is 15.5. The van der Waals surface area contributed by atoms with Crippen LogP contribution in [0.2, 0.25) is 5.04 Å². The summed E-state index contributed by atoms with van der Waals surface area (Å²) in [5.74, 6) is -3.51. The van der Waals surface area contributed by atoms with Crippen LogP contribution in [0.3, 0.4) is 0 Å². The molecule has 0 heterocycles. The smallest absolute Gasteiger partial charge is 0.407 e. The first-order chi connectivity index (χ1) is 20.4. The van der Waals surface area contributed by atoms with Crippen molar-refractivity contribution in [3.05, 3.63) is 91.0 Å². The lowest BCUT2D eigenvalue weighted by Crippen LogP contribution is -2.67. The Morgan fingerprint density at radius 3 is 1.74 bits per heavy atom. The van der Waals surface area contributed by atoms with E-state index in [4.69, 9.17) is 22.4 Å². The molecule has 0 saturated heterocycles. The van der Waals surface area contributed by atoms with Gasteiger partial charge in [-0.3, -0.25) is 4.57 Å². The molecule has 12 heteroatoms. The van der Waals surface area contributed by atoms with Crippen LogP contribution in [0.4, 0.5) is 13.6 Å². The highest BCUT2D eigenvalue weighted by molar-refractivity contribution is 8.09. The van der Waals surface area contributed by atoms with Gasteiger partial charge in [-0.05, 0) is 41.4 Å². The second-order valence-electron chi connectivity index (χ2n) is 10.7. The molecular weight excluding hydrogens is 613 g/mol. The van der Waals surface area contributed by atoms with Crippen molar-refractivity contribution < 1.29 is 40.5 Å². The van der Waals surface area contributed by atoms with E-state index in [1.165, 1.54) is 13.8 Å². The number of rotatable bonds is 15. The largest absolute Gasteiger partial charge is 0.443 e. The molecule has 1 unspecified atom stereocenters. The molecule has 3 aromatic carbocycles. The third-order valence-corrected chi connectivity index (χ3v) is 14.2. The molecule has 0 aliphatic rings. The third kappa shape index (κ3) is 9.23. The van der Waals surface area contributed by atoms with Crippen LogP contribution in [0.5, 0.6) is 5.75 Å². The zero-order valence-electron chi connectivity index (χ0n) is 25.0. The minimum atomic E-state index is -4.24. The molecule has 0 bridgehead atoms. The molecule has 0 aromatic heterocycles. The van der Waals surface area contributed by atoms with Crippen molar-refractivity contribution in [1.82, 2.24) is 0 Å². The van der Waals surface area contributed by atoms with Crippen LogP contribution in [-0.2, 0) is 22.8 Å². The highest BCUT2D eigenvalue weighted by Gasteiger charge is 2.54. The molecule has 3 rings (SSSR count). The summed E-state index contributed by atoms with van der Waals surface area (Å²) in [7, 11) is -7.53. The summed E-state index contributed by atoms with van der Waals surface area (Å²) in [6.45, 7) is 8.18. The van der Waals surface area contributed by atoms with Gasteiger partial charge in [0.25, 0.3) is 14.2 Å². The Labute approximate surface area is 258 Å². The average Bonchev–Trinajstić information content (AvgIpc) is 2.96. The molecule has 0 aliphatic heterocycles. The molecule has 0 fully saturated rings. The van der Waals surface area contributed by atoms with Gasteiger partial charge >= 0.3 is 12.9 Å². The van der Waals surface area contributed by atoms with Gasteiger partial charge in [0.15, 0.2) is 18.1 Å². The number of halogens is 2. The molecule has 3 aromatic rings. The molecule has 0 saturated carbocycles. The van der Waals surface area contributed by atoms with Crippen molar-refractivity contribution in [1.29, 1.82) is 0 Å². The number of carbonyl (C=O) groups is 1. The monoisotopic (exact) mass is 652 g/mol. The Kier molecular flexibility index (Phi) is 12.6. The lowest BCUT2D eigenvalue weighted by Gasteiger charge is -2.44. The van der Waals surface area contributed by atoms with E-state index in [1.54, 1.807) is 30.3 Å². The molecule has 0 radical (unpaired) electrons.